The molecule has 2 aromatic carbocycles. The van der Waals surface area contributed by atoms with E-state index < -0.39 is 10.0 Å². The minimum absolute atomic E-state index is 0.0156. The number of sulfonamides is 1. The lowest BCUT2D eigenvalue weighted by Crippen LogP contribution is -2.26. The fraction of sp³-hybridized carbons (Fsp3) is 0.350. The van der Waals surface area contributed by atoms with Gasteiger partial charge in [0.15, 0.2) is 0 Å². The van der Waals surface area contributed by atoms with E-state index in [0.29, 0.717) is 19.4 Å². The number of rotatable bonds is 9. The molecule has 0 saturated heterocycles. The molecule has 0 unspecified atom stereocenters. The van der Waals surface area contributed by atoms with Crippen LogP contribution in [-0.4, -0.2) is 20.9 Å². The lowest BCUT2D eigenvalue weighted by molar-refractivity contribution is -0.121. The molecule has 0 heterocycles. The van der Waals surface area contributed by atoms with Crippen LogP contribution >= 0.6 is 0 Å². The van der Waals surface area contributed by atoms with Gasteiger partial charge in [-0.3, -0.25) is 4.79 Å². The third-order valence-electron chi connectivity index (χ3n) is 4.08. The molecular formula is C20H26N2O3S. The summed E-state index contributed by atoms with van der Waals surface area (Å²) in [6, 6.07) is 15.8. The van der Waals surface area contributed by atoms with Crippen LogP contribution in [0.2, 0.25) is 0 Å². The molecule has 2 rings (SSSR count). The molecule has 0 saturated carbocycles. The highest BCUT2D eigenvalue weighted by atomic mass is 32.2. The summed E-state index contributed by atoms with van der Waals surface area (Å²) in [5, 5.41) is 2.83. The Bertz CT molecular complexity index is 803. The molecule has 1 atom stereocenters. The van der Waals surface area contributed by atoms with Gasteiger partial charge in [0.2, 0.25) is 15.9 Å². The molecule has 0 spiro atoms. The second-order valence-electron chi connectivity index (χ2n) is 6.25. The smallest absolute Gasteiger partial charge is 0.241 e. The second kappa shape index (κ2) is 9.50. The van der Waals surface area contributed by atoms with Gasteiger partial charge >= 0.3 is 0 Å². The molecular weight excluding hydrogens is 348 g/mol. The molecule has 26 heavy (non-hydrogen) atoms. The maximum absolute atomic E-state index is 12.5. The van der Waals surface area contributed by atoms with E-state index >= 15 is 0 Å². The van der Waals surface area contributed by atoms with Crippen LogP contribution in [0.15, 0.2) is 59.5 Å². The highest BCUT2D eigenvalue weighted by molar-refractivity contribution is 7.89. The molecule has 6 heteroatoms. The van der Waals surface area contributed by atoms with Gasteiger partial charge in [0.25, 0.3) is 0 Å². The van der Waals surface area contributed by atoms with Crippen LogP contribution in [0.3, 0.4) is 0 Å². The Hall–Kier alpha value is -2.18. The SMILES string of the molecule is CCCNC(=O)CCc1ccc(S(=O)(=O)N[C@H](C)c2ccccc2)cc1. The predicted molar refractivity (Wildman–Crippen MR) is 103 cm³/mol. The Kier molecular flexibility index (Phi) is 7.36. The van der Waals surface area contributed by atoms with Gasteiger partial charge in [-0.15, -0.1) is 0 Å². The largest absolute Gasteiger partial charge is 0.356 e. The first-order valence-electron chi connectivity index (χ1n) is 8.85. The summed E-state index contributed by atoms with van der Waals surface area (Å²) in [5.41, 5.74) is 1.84. The first-order valence-corrected chi connectivity index (χ1v) is 10.3. The standard InChI is InChI=1S/C20H26N2O3S/c1-3-15-21-20(23)14-11-17-9-12-19(13-10-17)26(24,25)22-16(2)18-7-5-4-6-8-18/h4-10,12-13,16,22H,3,11,14-15H2,1-2H3,(H,21,23)/t16-/m1/s1. The number of benzene rings is 2. The zero-order valence-corrected chi connectivity index (χ0v) is 16.1. The van der Waals surface area contributed by atoms with Gasteiger partial charge in [-0.25, -0.2) is 13.1 Å². The van der Waals surface area contributed by atoms with Gasteiger partial charge in [0.05, 0.1) is 4.90 Å². The van der Waals surface area contributed by atoms with Gasteiger partial charge in [-0.2, -0.15) is 0 Å². The molecule has 0 aromatic heterocycles. The van der Waals surface area contributed by atoms with Gasteiger partial charge < -0.3 is 5.32 Å². The third kappa shape index (κ3) is 5.97. The molecule has 2 N–H and O–H groups in total. The molecule has 0 aliphatic rings. The van der Waals surface area contributed by atoms with Crippen molar-refractivity contribution in [1.82, 2.24) is 10.0 Å². The number of nitrogens with one attached hydrogen (secondary N) is 2. The molecule has 0 aliphatic carbocycles. The van der Waals surface area contributed by atoms with E-state index in [0.717, 1.165) is 17.5 Å². The van der Waals surface area contributed by atoms with Crippen molar-refractivity contribution in [3.8, 4) is 0 Å². The van der Waals surface area contributed by atoms with Crippen molar-refractivity contribution in [3.63, 3.8) is 0 Å². The van der Waals surface area contributed by atoms with Crippen LogP contribution in [0.5, 0.6) is 0 Å². The number of carbonyl (C=O) groups excluding carboxylic acids is 1. The number of aryl methyl sites for hydroxylation is 1. The average molecular weight is 375 g/mol. The van der Waals surface area contributed by atoms with E-state index in [-0.39, 0.29) is 16.8 Å². The Morgan fingerprint density at radius 1 is 1.04 bits per heavy atom. The maximum atomic E-state index is 12.5. The Balaban J connectivity index is 1.97. The van der Waals surface area contributed by atoms with E-state index in [9.17, 15) is 13.2 Å². The van der Waals surface area contributed by atoms with Crippen LogP contribution in [0, 0.1) is 0 Å². The zero-order valence-electron chi connectivity index (χ0n) is 15.2. The van der Waals surface area contributed by atoms with E-state index in [1.165, 1.54) is 0 Å². The number of hydrogen-bond donors (Lipinski definition) is 2. The summed E-state index contributed by atoms with van der Waals surface area (Å²) >= 11 is 0. The molecule has 1 amide bonds. The summed E-state index contributed by atoms with van der Waals surface area (Å²) in [5.74, 6) is 0.0156. The molecule has 0 radical (unpaired) electrons. The lowest BCUT2D eigenvalue weighted by atomic mass is 10.1. The van der Waals surface area contributed by atoms with E-state index in [1.807, 2.05) is 44.2 Å². The lowest BCUT2D eigenvalue weighted by Gasteiger charge is -2.15. The molecule has 2 aromatic rings. The van der Waals surface area contributed by atoms with Crippen molar-refractivity contribution in [2.45, 2.75) is 44.0 Å². The molecule has 0 aliphatic heterocycles. The average Bonchev–Trinajstić information content (AvgIpc) is 2.65. The number of hydrogen-bond acceptors (Lipinski definition) is 3. The summed E-state index contributed by atoms with van der Waals surface area (Å²) < 4.78 is 27.8. The normalized spacial score (nSPS) is 12.5. The first-order chi connectivity index (χ1) is 12.4. The third-order valence-corrected chi connectivity index (χ3v) is 5.63. The van der Waals surface area contributed by atoms with Gasteiger partial charge in [-0.1, -0.05) is 49.4 Å². The number of carbonyl (C=O) groups is 1. The summed E-state index contributed by atoms with van der Waals surface area (Å²) in [4.78, 5) is 11.9. The predicted octanol–water partition coefficient (Wildman–Crippen LogP) is 3.18. The first kappa shape index (κ1) is 20.1. The van der Waals surface area contributed by atoms with Gasteiger partial charge in [0.1, 0.15) is 0 Å². The summed E-state index contributed by atoms with van der Waals surface area (Å²) in [7, 11) is -3.60. The van der Waals surface area contributed by atoms with Crippen LogP contribution in [0.1, 0.15) is 43.9 Å². The Morgan fingerprint density at radius 3 is 2.31 bits per heavy atom. The molecule has 0 bridgehead atoms. The Morgan fingerprint density at radius 2 is 1.69 bits per heavy atom. The van der Waals surface area contributed by atoms with Crippen LogP contribution < -0.4 is 10.0 Å². The quantitative estimate of drug-likeness (QED) is 0.708. The molecule has 5 nitrogen and oxygen atoms in total. The topological polar surface area (TPSA) is 75.3 Å². The highest BCUT2D eigenvalue weighted by Gasteiger charge is 2.18. The summed E-state index contributed by atoms with van der Waals surface area (Å²) in [6.07, 6.45) is 1.89. The highest BCUT2D eigenvalue weighted by Crippen LogP contribution is 2.17. The van der Waals surface area contributed by atoms with E-state index in [1.54, 1.807) is 24.3 Å². The molecule has 0 fully saturated rings. The van der Waals surface area contributed by atoms with Crippen LogP contribution in [0.4, 0.5) is 0 Å². The zero-order chi connectivity index (χ0) is 19.0. The van der Waals surface area contributed by atoms with Crippen LogP contribution in [0.25, 0.3) is 0 Å². The minimum atomic E-state index is -3.60. The number of amides is 1. The second-order valence-corrected chi connectivity index (χ2v) is 7.96. The van der Waals surface area contributed by atoms with Crippen molar-refractivity contribution in [3.05, 3.63) is 65.7 Å². The minimum Gasteiger partial charge on any atom is -0.356 e. The Labute approximate surface area is 155 Å². The van der Waals surface area contributed by atoms with Crippen molar-refractivity contribution >= 4 is 15.9 Å². The molecule has 140 valence electrons. The van der Waals surface area contributed by atoms with Crippen molar-refractivity contribution in [1.29, 1.82) is 0 Å². The van der Waals surface area contributed by atoms with Gasteiger partial charge in [-0.05, 0) is 43.0 Å². The van der Waals surface area contributed by atoms with Crippen molar-refractivity contribution < 1.29 is 13.2 Å². The monoisotopic (exact) mass is 374 g/mol. The van der Waals surface area contributed by atoms with Gasteiger partial charge in [0, 0.05) is 19.0 Å². The van der Waals surface area contributed by atoms with E-state index in [4.69, 9.17) is 0 Å². The fourth-order valence-electron chi connectivity index (χ4n) is 2.56. The maximum Gasteiger partial charge on any atom is 0.241 e. The van der Waals surface area contributed by atoms with Crippen molar-refractivity contribution in [2.24, 2.45) is 0 Å². The summed E-state index contributed by atoms with van der Waals surface area (Å²) in [6.45, 7) is 4.50. The fourth-order valence-corrected chi connectivity index (χ4v) is 3.79. The van der Waals surface area contributed by atoms with Crippen LogP contribution in [-0.2, 0) is 21.2 Å². The van der Waals surface area contributed by atoms with Crippen molar-refractivity contribution in [2.75, 3.05) is 6.54 Å². The van der Waals surface area contributed by atoms with E-state index in [2.05, 4.69) is 10.0 Å².